The minimum Gasteiger partial charge on any atom is -0.438 e. The molecule has 2 atom stereocenters. The Bertz CT molecular complexity index is 1230. The molecule has 3 aromatic rings. The molecule has 1 aliphatic heterocycles. The van der Waals surface area contributed by atoms with Crippen LogP contribution in [0.15, 0.2) is 77.7 Å². The van der Waals surface area contributed by atoms with Gasteiger partial charge in [-0.15, -0.1) is 0 Å². The van der Waals surface area contributed by atoms with Crippen molar-refractivity contribution >= 4 is 6.09 Å². The summed E-state index contributed by atoms with van der Waals surface area (Å²) in [6.45, 7) is 8.58. The fraction of sp³-hybridized carbons (Fsp3) is 0.379. The van der Waals surface area contributed by atoms with Crippen LogP contribution in [-0.2, 0) is 16.9 Å². The molecular weight excluding hydrogens is 440 g/mol. The molecule has 1 N–H and O–H groups in total. The van der Waals surface area contributed by atoms with Gasteiger partial charge in [-0.05, 0) is 56.0 Å². The van der Waals surface area contributed by atoms with E-state index in [1.807, 2.05) is 80.7 Å². The third-order valence-electron chi connectivity index (χ3n) is 6.81. The van der Waals surface area contributed by atoms with Crippen molar-refractivity contribution in [1.29, 1.82) is 0 Å². The van der Waals surface area contributed by atoms with Crippen LogP contribution in [0.4, 0.5) is 4.79 Å². The number of amides is 1. The van der Waals surface area contributed by atoms with Crippen molar-refractivity contribution < 1.29 is 14.6 Å². The Morgan fingerprint density at radius 2 is 1.66 bits per heavy atom. The summed E-state index contributed by atoms with van der Waals surface area (Å²) in [6.07, 6.45) is 2.41. The third kappa shape index (κ3) is 5.33. The summed E-state index contributed by atoms with van der Waals surface area (Å²) >= 11 is 0. The SMILES string of the molecule is CCn1cc(-c2ccc([C@H](C)N3CCC(CC(C)(C)O)(c4ccccc4)OC3=O)cc2)ccc1=O. The van der Waals surface area contributed by atoms with E-state index in [0.29, 0.717) is 25.9 Å². The minimum atomic E-state index is -0.986. The van der Waals surface area contributed by atoms with Crippen molar-refractivity contribution in [2.75, 3.05) is 6.54 Å². The molecule has 1 aliphatic rings. The summed E-state index contributed by atoms with van der Waals surface area (Å²) in [5.41, 5.74) is 2.03. The molecule has 0 saturated carbocycles. The number of nitrogens with zero attached hydrogens (tertiary/aromatic N) is 2. The highest BCUT2D eigenvalue weighted by Gasteiger charge is 2.46. The van der Waals surface area contributed by atoms with Crippen molar-refractivity contribution in [3.8, 4) is 11.1 Å². The second kappa shape index (κ2) is 9.70. The van der Waals surface area contributed by atoms with Crippen LogP contribution in [0, 0.1) is 0 Å². The first-order valence-electron chi connectivity index (χ1n) is 12.2. The number of pyridine rings is 1. The monoisotopic (exact) mass is 474 g/mol. The smallest absolute Gasteiger partial charge is 0.411 e. The molecule has 6 nitrogen and oxygen atoms in total. The molecule has 1 aromatic heterocycles. The van der Waals surface area contributed by atoms with E-state index in [1.165, 1.54) is 0 Å². The van der Waals surface area contributed by atoms with Gasteiger partial charge in [-0.3, -0.25) is 4.79 Å². The lowest BCUT2D eigenvalue weighted by Crippen LogP contribution is -2.51. The highest BCUT2D eigenvalue weighted by atomic mass is 16.6. The third-order valence-corrected chi connectivity index (χ3v) is 6.81. The Kier molecular flexibility index (Phi) is 6.86. The van der Waals surface area contributed by atoms with Crippen LogP contribution >= 0.6 is 0 Å². The van der Waals surface area contributed by atoms with E-state index in [2.05, 4.69) is 0 Å². The van der Waals surface area contributed by atoms with Gasteiger partial charge in [0.2, 0.25) is 0 Å². The first-order valence-corrected chi connectivity index (χ1v) is 12.2. The number of rotatable bonds is 7. The van der Waals surface area contributed by atoms with Gasteiger partial charge in [0.1, 0.15) is 5.60 Å². The number of hydrogen-bond acceptors (Lipinski definition) is 4. The van der Waals surface area contributed by atoms with Crippen LogP contribution in [0.1, 0.15) is 57.7 Å². The zero-order valence-electron chi connectivity index (χ0n) is 20.9. The van der Waals surface area contributed by atoms with Crippen LogP contribution in [0.3, 0.4) is 0 Å². The second-order valence-corrected chi connectivity index (χ2v) is 10.0. The van der Waals surface area contributed by atoms with Crippen LogP contribution in [0.25, 0.3) is 11.1 Å². The highest BCUT2D eigenvalue weighted by Crippen LogP contribution is 2.42. The van der Waals surface area contributed by atoms with E-state index in [0.717, 1.165) is 22.3 Å². The molecule has 2 heterocycles. The fourth-order valence-electron chi connectivity index (χ4n) is 4.97. The summed E-state index contributed by atoms with van der Waals surface area (Å²) in [7, 11) is 0. The molecule has 184 valence electrons. The van der Waals surface area contributed by atoms with E-state index in [1.54, 1.807) is 29.4 Å². The molecule has 1 fully saturated rings. The summed E-state index contributed by atoms with van der Waals surface area (Å²) in [4.78, 5) is 26.9. The Labute approximate surface area is 206 Å². The number of carbonyl (C=O) groups excluding carboxylic acids is 1. The van der Waals surface area contributed by atoms with Gasteiger partial charge in [-0.2, -0.15) is 0 Å². The Morgan fingerprint density at radius 3 is 2.26 bits per heavy atom. The highest BCUT2D eigenvalue weighted by molar-refractivity contribution is 5.70. The van der Waals surface area contributed by atoms with E-state index in [4.69, 9.17) is 4.74 Å². The van der Waals surface area contributed by atoms with Gasteiger partial charge in [0, 0.05) is 38.2 Å². The largest absolute Gasteiger partial charge is 0.438 e. The summed E-state index contributed by atoms with van der Waals surface area (Å²) < 4.78 is 7.80. The van der Waals surface area contributed by atoms with Crippen LogP contribution < -0.4 is 5.56 Å². The summed E-state index contributed by atoms with van der Waals surface area (Å²) in [5, 5.41) is 10.6. The van der Waals surface area contributed by atoms with Crippen molar-refractivity contribution in [3.63, 3.8) is 0 Å². The van der Waals surface area contributed by atoms with Crippen molar-refractivity contribution in [2.24, 2.45) is 0 Å². The lowest BCUT2D eigenvalue weighted by molar-refractivity contribution is -0.101. The number of benzene rings is 2. The molecule has 0 aliphatic carbocycles. The number of aryl methyl sites for hydroxylation is 1. The molecule has 0 bridgehead atoms. The molecule has 1 saturated heterocycles. The average Bonchev–Trinajstić information content (AvgIpc) is 2.84. The van der Waals surface area contributed by atoms with Crippen molar-refractivity contribution in [2.45, 2.75) is 64.3 Å². The van der Waals surface area contributed by atoms with Gasteiger partial charge in [0.15, 0.2) is 0 Å². The van der Waals surface area contributed by atoms with Gasteiger partial charge in [-0.25, -0.2) is 4.79 Å². The average molecular weight is 475 g/mol. The van der Waals surface area contributed by atoms with E-state index >= 15 is 0 Å². The van der Waals surface area contributed by atoms with E-state index in [-0.39, 0.29) is 17.7 Å². The number of cyclic esters (lactones) is 1. The molecule has 35 heavy (non-hydrogen) atoms. The number of aromatic nitrogens is 1. The second-order valence-electron chi connectivity index (χ2n) is 10.0. The van der Waals surface area contributed by atoms with Crippen molar-refractivity contribution in [1.82, 2.24) is 9.47 Å². The van der Waals surface area contributed by atoms with Crippen molar-refractivity contribution in [3.05, 3.63) is 94.4 Å². The van der Waals surface area contributed by atoms with E-state index < -0.39 is 11.2 Å². The normalized spacial score (nSPS) is 19.3. The van der Waals surface area contributed by atoms with Gasteiger partial charge < -0.3 is 19.3 Å². The molecule has 6 heteroatoms. The fourth-order valence-corrected chi connectivity index (χ4v) is 4.97. The first kappa shape index (κ1) is 24.7. The van der Waals surface area contributed by atoms with Gasteiger partial charge in [0.25, 0.3) is 5.56 Å². The number of ether oxygens (including phenoxy) is 1. The van der Waals surface area contributed by atoms with Crippen LogP contribution in [-0.4, -0.2) is 32.8 Å². The number of hydrogen-bond donors (Lipinski definition) is 1. The zero-order chi connectivity index (χ0) is 25.2. The predicted molar refractivity (Wildman–Crippen MR) is 137 cm³/mol. The van der Waals surface area contributed by atoms with E-state index in [9.17, 15) is 14.7 Å². The molecule has 1 amide bonds. The Balaban J connectivity index is 1.54. The van der Waals surface area contributed by atoms with Gasteiger partial charge >= 0.3 is 6.09 Å². The topological polar surface area (TPSA) is 71.8 Å². The lowest BCUT2D eigenvalue weighted by atomic mass is 9.80. The minimum absolute atomic E-state index is 0.0127. The quantitative estimate of drug-likeness (QED) is 0.491. The predicted octanol–water partition coefficient (Wildman–Crippen LogP) is 5.50. The lowest BCUT2D eigenvalue weighted by Gasteiger charge is -2.45. The van der Waals surface area contributed by atoms with Gasteiger partial charge in [0.05, 0.1) is 11.6 Å². The molecule has 2 aromatic carbocycles. The number of carbonyl (C=O) groups is 1. The molecule has 4 rings (SSSR count). The molecular formula is C29H34N2O4. The molecule has 0 radical (unpaired) electrons. The zero-order valence-corrected chi connectivity index (χ0v) is 20.9. The maximum atomic E-state index is 13.3. The maximum absolute atomic E-state index is 13.3. The van der Waals surface area contributed by atoms with Crippen LogP contribution in [0.2, 0.25) is 0 Å². The van der Waals surface area contributed by atoms with Gasteiger partial charge in [-0.1, -0.05) is 54.6 Å². The number of aliphatic hydroxyl groups is 1. The maximum Gasteiger partial charge on any atom is 0.411 e. The summed E-state index contributed by atoms with van der Waals surface area (Å²) in [6, 6.07) is 21.0. The first-order chi connectivity index (χ1) is 16.6. The Morgan fingerprint density at radius 1 is 1.00 bits per heavy atom. The van der Waals surface area contributed by atoms with Crippen LogP contribution in [0.5, 0.6) is 0 Å². The molecule has 1 unspecified atom stereocenters. The summed E-state index contributed by atoms with van der Waals surface area (Å²) in [5.74, 6) is 0. The Hall–Kier alpha value is -3.38. The molecule has 0 spiro atoms. The standard InChI is InChI=1S/C29H34N2O4/c1-5-30-19-24(15-16-26(30)32)23-13-11-22(12-14-23)21(2)31-18-17-29(35-27(31)33,20-28(3,4)34)25-9-7-6-8-10-25/h6-16,19,21,34H,5,17-18,20H2,1-4H3/t21-,29?/m0/s1.